The van der Waals surface area contributed by atoms with Gasteiger partial charge in [-0.3, -0.25) is 0 Å². The molecule has 0 aliphatic heterocycles. The second kappa shape index (κ2) is 8.93. The lowest BCUT2D eigenvalue weighted by molar-refractivity contribution is 0.109. The van der Waals surface area contributed by atoms with Crippen molar-refractivity contribution in [3.05, 3.63) is 0 Å². The van der Waals surface area contributed by atoms with Crippen LogP contribution in [0.3, 0.4) is 0 Å². The SMILES string of the molecule is CCCCOCCC(CNC(C)(C)C)C(C)C. The van der Waals surface area contributed by atoms with Crippen LogP contribution in [-0.2, 0) is 4.74 Å². The van der Waals surface area contributed by atoms with Gasteiger partial charge in [0, 0.05) is 18.8 Å². The van der Waals surface area contributed by atoms with Crippen LogP contribution >= 0.6 is 0 Å². The summed E-state index contributed by atoms with van der Waals surface area (Å²) >= 11 is 0. The van der Waals surface area contributed by atoms with Crippen LogP contribution in [0.15, 0.2) is 0 Å². The van der Waals surface area contributed by atoms with Crippen molar-refractivity contribution in [3.63, 3.8) is 0 Å². The first-order chi connectivity index (χ1) is 7.87. The molecule has 17 heavy (non-hydrogen) atoms. The molecule has 0 aromatic carbocycles. The molecule has 2 heteroatoms. The maximum absolute atomic E-state index is 5.66. The van der Waals surface area contributed by atoms with Crippen molar-refractivity contribution in [2.24, 2.45) is 11.8 Å². The Balaban J connectivity index is 3.76. The van der Waals surface area contributed by atoms with Gasteiger partial charge in [-0.2, -0.15) is 0 Å². The normalized spacial score (nSPS) is 14.3. The molecule has 0 radical (unpaired) electrons. The van der Waals surface area contributed by atoms with Gasteiger partial charge in [-0.05, 0) is 52.0 Å². The Hall–Kier alpha value is -0.0800. The van der Waals surface area contributed by atoms with Crippen LogP contribution in [0.4, 0.5) is 0 Å². The van der Waals surface area contributed by atoms with E-state index in [0.29, 0.717) is 0 Å². The molecule has 0 aromatic heterocycles. The lowest BCUT2D eigenvalue weighted by Gasteiger charge is -2.27. The summed E-state index contributed by atoms with van der Waals surface area (Å²) in [6.07, 6.45) is 3.58. The molecule has 0 bridgehead atoms. The van der Waals surface area contributed by atoms with Crippen molar-refractivity contribution in [1.82, 2.24) is 5.32 Å². The first-order valence-corrected chi connectivity index (χ1v) is 7.19. The van der Waals surface area contributed by atoms with Crippen molar-refractivity contribution in [1.29, 1.82) is 0 Å². The molecular formula is C15H33NO. The Labute approximate surface area is 109 Å². The zero-order valence-electron chi connectivity index (χ0n) is 12.8. The third kappa shape index (κ3) is 10.8. The average Bonchev–Trinajstić information content (AvgIpc) is 2.20. The molecule has 1 unspecified atom stereocenters. The quantitative estimate of drug-likeness (QED) is 0.621. The molecule has 0 heterocycles. The van der Waals surface area contributed by atoms with E-state index < -0.39 is 0 Å². The number of nitrogens with one attached hydrogen (secondary N) is 1. The number of rotatable bonds is 9. The average molecular weight is 243 g/mol. The monoisotopic (exact) mass is 243 g/mol. The van der Waals surface area contributed by atoms with E-state index >= 15 is 0 Å². The Bertz CT molecular complexity index is 172. The van der Waals surface area contributed by atoms with Gasteiger partial charge in [-0.15, -0.1) is 0 Å². The second-order valence-corrected chi connectivity index (χ2v) is 6.39. The minimum absolute atomic E-state index is 0.218. The van der Waals surface area contributed by atoms with E-state index in [2.05, 4.69) is 46.9 Å². The first-order valence-electron chi connectivity index (χ1n) is 7.19. The minimum Gasteiger partial charge on any atom is -0.381 e. The minimum atomic E-state index is 0.218. The van der Waals surface area contributed by atoms with Gasteiger partial charge in [0.05, 0.1) is 0 Å². The molecule has 0 aromatic rings. The number of hydrogen-bond donors (Lipinski definition) is 1. The molecule has 104 valence electrons. The third-order valence-electron chi connectivity index (χ3n) is 3.11. The van der Waals surface area contributed by atoms with Crippen molar-refractivity contribution < 1.29 is 4.74 Å². The van der Waals surface area contributed by atoms with Crippen molar-refractivity contribution in [2.75, 3.05) is 19.8 Å². The van der Waals surface area contributed by atoms with E-state index in [4.69, 9.17) is 4.74 Å². The van der Waals surface area contributed by atoms with Crippen molar-refractivity contribution in [3.8, 4) is 0 Å². The van der Waals surface area contributed by atoms with Gasteiger partial charge in [0.25, 0.3) is 0 Å². The van der Waals surface area contributed by atoms with Crippen LogP contribution in [0.5, 0.6) is 0 Å². The van der Waals surface area contributed by atoms with Crippen molar-refractivity contribution in [2.45, 2.75) is 66.3 Å². The Morgan fingerprint density at radius 3 is 2.24 bits per heavy atom. The van der Waals surface area contributed by atoms with E-state index in [1.165, 1.54) is 19.3 Å². The van der Waals surface area contributed by atoms with Crippen LogP contribution < -0.4 is 5.32 Å². The summed E-state index contributed by atoms with van der Waals surface area (Å²) in [7, 11) is 0. The Kier molecular flexibility index (Phi) is 8.89. The van der Waals surface area contributed by atoms with Gasteiger partial charge in [-0.1, -0.05) is 27.2 Å². The molecule has 1 atom stereocenters. The lowest BCUT2D eigenvalue weighted by Crippen LogP contribution is -2.40. The summed E-state index contributed by atoms with van der Waals surface area (Å²) in [5.74, 6) is 1.44. The van der Waals surface area contributed by atoms with Gasteiger partial charge in [0.1, 0.15) is 0 Å². The highest BCUT2D eigenvalue weighted by molar-refractivity contribution is 4.74. The summed E-state index contributed by atoms with van der Waals surface area (Å²) in [5.41, 5.74) is 0.218. The molecule has 0 rings (SSSR count). The van der Waals surface area contributed by atoms with E-state index in [9.17, 15) is 0 Å². The predicted octanol–water partition coefficient (Wildman–Crippen LogP) is 3.85. The van der Waals surface area contributed by atoms with Crippen LogP contribution in [0, 0.1) is 11.8 Å². The fourth-order valence-electron chi connectivity index (χ4n) is 1.69. The molecule has 0 saturated heterocycles. The second-order valence-electron chi connectivity index (χ2n) is 6.39. The number of unbranched alkanes of at least 4 members (excludes halogenated alkanes) is 1. The number of ether oxygens (including phenoxy) is 1. The molecule has 0 saturated carbocycles. The van der Waals surface area contributed by atoms with Crippen molar-refractivity contribution >= 4 is 0 Å². The van der Waals surface area contributed by atoms with E-state index in [-0.39, 0.29) is 5.54 Å². The maximum Gasteiger partial charge on any atom is 0.0469 e. The summed E-state index contributed by atoms with van der Waals surface area (Å²) in [5, 5.41) is 3.60. The molecule has 0 aliphatic rings. The zero-order valence-corrected chi connectivity index (χ0v) is 12.8. The summed E-state index contributed by atoms with van der Waals surface area (Å²) in [4.78, 5) is 0. The maximum atomic E-state index is 5.66. The molecule has 0 spiro atoms. The molecule has 0 aliphatic carbocycles. The number of hydrogen-bond acceptors (Lipinski definition) is 2. The highest BCUT2D eigenvalue weighted by atomic mass is 16.5. The van der Waals surface area contributed by atoms with Crippen LogP contribution in [0.25, 0.3) is 0 Å². The predicted molar refractivity (Wildman–Crippen MR) is 76.4 cm³/mol. The molecule has 2 nitrogen and oxygen atoms in total. The fraction of sp³-hybridized carbons (Fsp3) is 1.00. The summed E-state index contributed by atoms with van der Waals surface area (Å²) in [6.45, 7) is 16.4. The first kappa shape index (κ1) is 16.9. The third-order valence-corrected chi connectivity index (χ3v) is 3.11. The van der Waals surface area contributed by atoms with E-state index in [1.807, 2.05) is 0 Å². The smallest absolute Gasteiger partial charge is 0.0469 e. The lowest BCUT2D eigenvalue weighted by atomic mass is 9.92. The topological polar surface area (TPSA) is 21.3 Å². The standard InChI is InChI=1S/C15H33NO/c1-7-8-10-17-11-9-14(13(2)3)12-16-15(4,5)6/h13-14,16H,7-12H2,1-6H3. The Morgan fingerprint density at radius 2 is 1.76 bits per heavy atom. The van der Waals surface area contributed by atoms with Gasteiger partial charge in [0.15, 0.2) is 0 Å². The largest absolute Gasteiger partial charge is 0.381 e. The Morgan fingerprint density at radius 1 is 1.12 bits per heavy atom. The summed E-state index contributed by atoms with van der Waals surface area (Å²) in [6, 6.07) is 0. The molecule has 0 amide bonds. The molecular weight excluding hydrogens is 210 g/mol. The zero-order chi connectivity index (χ0) is 13.3. The van der Waals surface area contributed by atoms with Gasteiger partial charge in [-0.25, -0.2) is 0 Å². The highest BCUT2D eigenvalue weighted by Gasteiger charge is 2.16. The molecule has 0 fully saturated rings. The highest BCUT2D eigenvalue weighted by Crippen LogP contribution is 2.15. The van der Waals surface area contributed by atoms with Crippen LogP contribution in [0.1, 0.15) is 60.8 Å². The van der Waals surface area contributed by atoms with Crippen LogP contribution in [0.2, 0.25) is 0 Å². The van der Waals surface area contributed by atoms with Gasteiger partial charge in [0.2, 0.25) is 0 Å². The van der Waals surface area contributed by atoms with E-state index in [1.54, 1.807) is 0 Å². The van der Waals surface area contributed by atoms with E-state index in [0.717, 1.165) is 31.6 Å². The molecule has 1 N–H and O–H groups in total. The van der Waals surface area contributed by atoms with Crippen LogP contribution in [-0.4, -0.2) is 25.3 Å². The summed E-state index contributed by atoms with van der Waals surface area (Å²) < 4.78 is 5.66. The fourth-order valence-corrected chi connectivity index (χ4v) is 1.69. The van der Waals surface area contributed by atoms with Gasteiger partial charge < -0.3 is 10.1 Å². The van der Waals surface area contributed by atoms with Gasteiger partial charge >= 0.3 is 0 Å².